The Morgan fingerprint density at radius 1 is 1.38 bits per heavy atom. The topological polar surface area (TPSA) is 90.9 Å². The second-order valence-electron chi connectivity index (χ2n) is 4.39. The van der Waals surface area contributed by atoms with Crippen molar-refractivity contribution in [3.63, 3.8) is 0 Å². The minimum absolute atomic E-state index is 0.0169. The minimum atomic E-state index is -3.31. The van der Waals surface area contributed by atoms with Crippen LogP contribution >= 0.6 is 11.3 Å². The molecule has 21 heavy (non-hydrogen) atoms. The number of nitrogens with zero attached hydrogens (tertiary/aromatic N) is 4. The van der Waals surface area contributed by atoms with E-state index in [1.807, 2.05) is 16.8 Å². The van der Waals surface area contributed by atoms with Gasteiger partial charge in [0.25, 0.3) is 5.89 Å². The first-order chi connectivity index (χ1) is 10.1. The second-order valence-corrected chi connectivity index (χ2v) is 7.35. The van der Waals surface area contributed by atoms with Gasteiger partial charge in [-0.15, -0.1) is 0 Å². The highest BCUT2D eigenvalue weighted by Gasteiger charge is 2.17. The predicted molar refractivity (Wildman–Crippen MR) is 77.3 cm³/mol. The van der Waals surface area contributed by atoms with Gasteiger partial charge in [0, 0.05) is 17.8 Å². The van der Waals surface area contributed by atoms with Crippen LogP contribution in [-0.2, 0) is 22.1 Å². The van der Waals surface area contributed by atoms with E-state index in [0.717, 1.165) is 5.56 Å². The molecule has 3 aromatic rings. The summed E-state index contributed by atoms with van der Waals surface area (Å²) in [4.78, 5) is 4.11. The van der Waals surface area contributed by atoms with Gasteiger partial charge in [-0.2, -0.15) is 21.4 Å². The summed E-state index contributed by atoms with van der Waals surface area (Å²) in [5, 5.41) is 11.4. The minimum Gasteiger partial charge on any atom is -0.334 e. The number of aryl methyl sites for hydroxylation is 1. The van der Waals surface area contributed by atoms with Gasteiger partial charge >= 0.3 is 0 Å². The van der Waals surface area contributed by atoms with E-state index in [2.05, 4.69) is 15.2 Å². The molecule has 3 rings (SSSR count). The molecule has 0 aliphatic heterocycles. The van der Waals surface area contributed by atoms with Gasteiger partial charge in [0.15, 0.2) is 15.7 Å². The molecule has 0 N–H and O–H groups in total. The van der Waals surface area contributed by atoms with Gasteiger partial charge in [0.1, 0.15) is 5.75 Å². The molecule has 7 nitrogen and oxygen atoms in total. The van der Waals surface area contributed by atoms with Gasteiger partial charge in [-0.3, -0.25) is 4.68 Å². The Kier molecular flexibility index (Phi) is 3.84. The summed E-state index contributed by atoms with van der Waals surface area (Å²) in [6, 6.07) is 3.59. The van der Waals surface area contributed by atoms with Crippen LogP contribution in [0.2, 0.25) is 0 Å². The van der Waals surface area contributed by atoms with Crippen molar-refractivity contribution < 1.29 is 12.9 Å². The zero-order chi connectivity index (χ0) is 14.7. The number of sulfone groups is 1. The largest absolute Gasteiger partial charge is 0.334 e. The average molecular weight is 324 g/mol. The van der Waals surface area contributed by atoms with Gasteiger partial charge in [0.2, 0.25) is 0 Å². The normalized spacial score (nSPS) is 11.8. The van der Waals surface area contributed by atoms with Crippen LogP contribution in [0, 0.1) is 0 Å². The average Bonchev–Trinajstić information content (AvgIpc) is 3.18. The molecule has 0 aliphatic carbocycles. The molecule has 110 valence electrons. The van der Waals surface area contributed by atoms with E-state index < -0.39 is 9.84 Å². The summed E-state index contributed by atoms with van der Waals surface area (Å²) in [5.74, 6) is 0.268. The molecule has 0 bridgehead atoms. The highest BCUT2D eigenvalue weighted by atomic mass is 32.2. The van der Waals surface area contributed by atoms with Gasteiger partial charge in [0.05, 0.1) is 17.9 Å². The molecular formula is C12H12N4O3S2. The predicted octanol–water partition coefficient (Wildman–Crippen LogP) is 1.61. The summed E-state index contributed by atoms with van der Waals surface area (Å²) in [5.41, 5.74) is 0.799. The lowest BCUT2D eigenvalue weighted by Gasteiger charge is -2.01. The molecule has 9 heteroatoms. The maximum Gasteiger partial charge on any atom is 0.258 e. The molecule has 0 aliphatic rings. The molecule has 0 radical (unpaired) electrons. The SMILES string of the molecule is O=S(=O)(CCn1cccn1)Cc1noc(-c2ccsc2)n1. The molecule has 0 saturated carbocycles. The van der Waals surface area contributed by atoms with Gasteiger partial charge in [-0.25, -0.2) is 8.42 Å². The quantitative estimate of drug-likeness (QED) is 0.684. The van der Waals surface area contributed by atoms with Crippen LogP contribution in [0.15, 0.2) is 39.8 Å². The zero-order valence-corrected chi connectivity index (χ0v) is 12.5. The third kappa shape index (κ3) is 3.56. The summed E-state index contributed by atoms with van der Waals surface area (Å²) in [6.07, 6.45) is 3.33. The summed E-state index contributed by atoms with van der Waals surface area (Å²) in [6.45, 7) is 0.310. The molecular weight excluding hydrogens is 312 g/mol. The molecule has 0 unspecified atom stereocenters. The van der Waals surface area contributed by atoms with Crippen LogP contribution in [0.1, 0.15) is 5.82 Å². The second kappa shape index (κ2) is 5.78. The maximum absolute atomic E-state index is 12.0. The van der Waals surface area contributed by atoms with E-state index in [0.29, 0.717) is 12.4 Å². The number of rotatable bonds is 6. The lowest BCUT2D eigenvalue weighted by Crippen LogP contribution is -2.15. The molecule has 0 spiro atoms. The monoisotopic (exact) mass is 324 g/mol. The number of hydrogen-bond donors (Lipinski definition) is 0. The van der Waals surface area contributed by atoms with Crippen molar-refractivity contribution in [1.82, 2.24) is 19.9 Å². The van der Waals surface area contributed by atoms with E-state index in [-0.39, 0.29) is 17.3 Å². The first-order valence-electron chi connectivity index (χ1n) is 6.15. The molecule has 0 fully saturated rings. The van der Waals surface area contributed by atoms with Gasteiger partial charge in [-0.05, 0) is 17.5 Å². The van der Waals surface area contributed by atoms with Crippen molar-refractivity contribution in [2.45, 2.75) is 12.3 Å². The Morgan fingerprint density at radius 2 is 2.29 bits per heavy atom. The Balaban J connectivity index is 1.65. The lowest BCUT2D eigenvalue weighted by molar-refractivity contribution is 0.424. The molecule has 0 atom stereocenters. The third-order valence-electron chi connectivity index (χ3n) is 2.78. The first kappa shape index (κ1) is 14.0. The van der Waals surface area contributed by atoms with Crippen molar-refractivity contribution in [3.8, 4) is 11.5 Å². The van der Waals surface area contributed by atoms with Crippen molar-refractivity contribution in [2.24, 2.45) is 0 Å². The summed E-state index contributed by atoms with van der Waals surface area (Å²) >= 11 is 1.51. The van der Waals surface area contributed by atoms with Gasteiger partial charge in [-0.1, -0.05) is 5.16 Å². The van der Waals surface area contributed by atoms with Crippen LogP contribution in [0.25, 0.3) is 11.5 Å². The Labute approximate surface area is 125 Å². The lowest BCUT2D eigenvalue weighted by atomic mass is 10.3. The molecule has 0 aromatic carbocycles. The highest BCUT2D eigenvalue weighted by Crippen LogP contribution is 2.20. The van der Waals surface area contributed by atoms with E-state index in [1.54, 1.807) is 23.1 Å². The van der Waals surface area contributed by atoms with Crippen molar-refractivity contribution in [3.05, 3.63) is 41.1 Å². The van der Waals surface area contributed by atoms with Crippen molar-refractivity contribution in [1.29, 1.82) is 0 Å². The number of thiophene rings is 1. The van der Waals surface area contributed by atoms with Crippen LogP contribution in [0.4, 0.5) is 0 Å². The van der Waals surface area contributed by atoms with E-state index >= 15 is 0 Å². The third-order valence-corrected chi connectivity index (χ3v) is 4.96. The summed E-state index contributed by atoms with van der Waals surface area (Å²) in [7, 11) is -3.31. The van der Waals surface area contributed by atoms with Crippen LogP contribution < -0.4 is 0 Å². The standard InChI is InChI=1S/C12H12N4O3S2/c17-21(18,7-5-16-4-1-3-13-16)9-11-14-12(19-15-11)10-2-6-20-8-10/h1-4,6,8H,5,7,9H2. The fourth-order valence-corrected chi connectivity index (χ4v) is 3.50. The van der Waals surface area contributed by atoms with E-state index in [1.165, 1.54) is 11.3 Å². The Morgan fingerprint density at radius 3 is 3.00 bits per heavy atom. The fraction of sp³-hybridized carbons (Fsp3) is 0.250. The smallest absolute Gasteiger partial charge is 0.258 e. The van der Waals surface area contributed by atoms with Crippen LogP contribution in [0.5, 0.6) is 0 Å². The fourth-order valence-electron chi connectivity index (χ4n) is 1.75. The van der Waals surface area contributed by atoms with Crippen LogP contribution in [0.3, 0.4) is 0 Å². The van der Waals surface area contributed by atoms with Crippen LogP contribution in [-0.4, -0.2) is 34.1 Å². The van der Waals surface area contributed by atoms with Crippen molar-refractivity contribution in [2.75, 3.05) is 5.75 Å². The number of hydrogen-bond acceptors (Lipinski definition) is 7. The number of aromatic nitrogens is 4. The van der Waals surface area contributed by atoms with E-state index in [9.17, 15) is 8.42 Å². The first-order valence-corrected chi connectivity index (χ1v) is 8.92. The zero-order valence-electron chi connectivity index (χ0n) is 10.9. The molecule has 0 saturated heterocycles. The molecule has 3 aromatic heterocycles. The molecule has 3 heterocycles. The Bertz CT molecular complexity index is 792. The summed E-state index contributed by atoms with van der Waals surface area (Å²) < 4.78 is 30.7. The molecule has 0 amide bonds. The highest BCUT2D eigenvalue weighted by molar-refractivity contribution is 7.90. The maximum atomic E-state index is 12.0. The van der Waals surface area contributed by atoms with Gasteiger partial charge < -0.3 is 4.52 Å². The van der Waals surface area contributed by atoms with Crippen molar-refractivity contribution >= 4 is 21.2 Å². The Hall–Kier alpha value is -2.00. The van der Waals surface area contributed by atoms with E-state index in [4.69, 9.17) is 4.52 Å².